The summed E-state index contributed by atoms with van der Waals surface area (Å²) in [6.45, 7) is 4.20. The van der Waals surface area contributed by atoms with Crippen LogP contribution in [0.1, 0.15) is 30.9 Å². The van der Waals surface area contributed by atoms with E-state index in [9.17, 15) is 9.59 Å². The standard InChI is InChI=1S/C22H30N4O4/c1-24-18-14-26(10-9-25-7-5-4-6-8-25)21(27)19(18)20(23-22(24)28)15-11-16(29-2)13-17(12-15)30-3/h11-13,20H,4-10,14H2,1-3H3,(H,23,28)/t20-/m0/s1. The molecule has 162 valence electrons. The predicted octanol–water partition coefficient (Wildman–Crippen LogP) is 1.98. The second kappa shape index (κ2) is 8.55. The molecule has 0 radical (unpaired) electrons. The lowest BCUT2D eigenvalue weighted by Crippen LogP contribution is -2.45. The summed E-state index contributed by atoms with van der Waals surface area (Å²) in [6.07, 6.45) is 3.74. The maximum atomic E-state index is 13.4. The molecule has 1 fully saturated rings. The molecular weight excluding hydrogens is 384 g/mol. The van der Waals surface area contributed by atoms with Crippen molar-refractivity contribution >= 4 is 11.9 Å². The Morgan fingerprint density at radius 2 is 1.67 bits per heavy atom. The normalized spacial score (nSPS) is 22.3. The number of ether oxygens (including phenoxy) is 2. The summed E-state index contributed by atoms with van der Waals surface area (Å²) in [5, 5.41) is 2.97. The van der Waals surface area contributed by atoms with Gasteiger partial charge in [0, 0.05) is 26.2 Å². The van der Waals surface area contributed by atoms with Crippen molar-refractivity contribution in [2.75, 3.05) is 54.0 Å². The topological polar surface area (TPSA) is 74.3 Å². The molecule has 0 unspecified atom stereocenters. The van der Waals surface area contributed by atoms with Crippen molar-refractivity contribution in [3.63, 3.8) is 0 Å². The minimum atomic E-state index is -0.528. The highest BCUT2D eigenvalue weighted by Crippen LogP contribution is 2.38. The maximum Gasteiger partial charge on any atom is 0.322 e. The van der Waals surface area contributed by atoms with E-state index in [1.807, 2.05) is 17.0 Å². The predicted molar refractivity (Wildman–Crippen MR) is 112 cm³/mol. The molecule has 1 saturated heterocycles. The fraction of sp³-hybridized carbons (Fsp3) is 0.545. The lowest BCUT2D eigenvalue weighted by Gasteiger charge is -2.31. The van der Waals surface area contributed by atoms with Gasteiger partial charge in [-0.15, -0.1) is 0 Å². The van der Waals surface area contributed by atoms with Crippen LogP contribution >= 0.6 is 0 Å². The largest absolute Gasteiger partial charge is 0.497 e. The van der Waals surface area contributed by atoms with Crippen molar-refractivity contribution in [2.45, 2.75) is 25.3 Å². The highest BCUT2D eigenvalue weighted by Gasteiger charge is 2.43. The Kier molecular flexibility index (Phi) is 5.85. The number of carbonyl (C=O) groups excluding carboxylic acids is 2. The monoisotopic (exact) mass is 414 g/mol. The van der Waals surface area contributed by atoms with Gasteiger partial charge < -0.3 is 24.6 Å². The molecule has 3 amide bonds. The number of nitrogens with one attached hydrogen (secondary N) is 1. The summed E-state index contributed by atoms with van der Waals surface area (Å²) < 4.78 is 10.8. The maximum absolute atomic E-state index is 13.4. The van der Waals surface area contributed by atoms with Crippen molar-refractivity contribution in [1.29, 1.82) is 0 Å². The molecule has 0 spiro atoms. The van der Waals surface area contributed by atoms with Crippen LogP contribution in [0, 0.1) is 0 Å². The number of hydrogen-bond acceptors (Lipinski definition) is 5. The van der Waals surface area contributed by atoms with Crippen molar-refractivity contribution in [2.24, 2.45) is 0 Å². The van der Waals surface area contributed by atoms with Gasteiger partial charge in [-0.05, 0) is 43.6 Å². The van der Waals surface area contributed by atoms with E-state index < -0.39 is 6.04 Å². The van der Waals surface area contributed by atoms with Crippen LogP contribution in [-0.4, -0.2) is 80.6 Å². The Morgan fingerprint density at radius 3 is 2.30 bits per heavy atom. The average molecular weight is 415 g/mol. The summed E-state index contributed by atoms with van der Waals surface area (Å²) in [5.41, 5.74) is 2.17. The molecule has 1 atom stereocenters. The third kappa shape index (κ3) is 3.84. The van der Waals surface area contributed by atoms with Gasteiger partial charge in [-0.2, -0.15) is 0 Å². The smallest absolute Gasteiger partial charge is 0.322 e. The first kappa shape index (κ1) is 20.5. The highest BCUT2D eigenvalue weighted by atomic mass is 16.5. The van der Waals surface area contributed by atoms with Gasteiger partial charge in [0.15, 0.2) is 0 Å². The van der Waals surface area contributed by atoms with Gasteiger partial charge >= 0.3 is 6.03 Å². The van der Waals surface area contributed by atoms with Gasteiger partial charge in [-0.1, -0.05) is 6.42 Å². The fourth-order valence-corrected chi connectivity index (χ4v) is 4.50. The molecule has 0 aromatic heterocycles. The van der Waals surface area contributed by atoms with E-state index in [0.29, 0.717) is 30.2 Å². The third-order valence-corrected chi connectivity index (χ3v) is 6.28. The molecule has 0 bridgehead atoms. The van der Waals surface area contributed by atoms with Crippen LogP contribution in [0.2, 0.25) is 0 Å². The summed E-state index contributed by atoms with van der Waals surface area (Å²) in [5.74, 6) is 1.22. The summed E-state index contributed by atoms with van der Waals surface area (Å²) in [4.78, 5) is 31.8. The second-order valence-corrected chi connectivity index (χ2v) is 8.08. The number of methoxy groups -OCH3 is 2. The van der Waals surface area contributed by atoms with E-state index in [1.54, 1.807) is 32.2 Å². The molecule has 1 aromatic carbocycles. The molecule has 8 nitrogen and oxygen atoms in total. The molecule has 1 aromatic rings. The van der Waals surface area contributed by atoms with E-state index in [4.69, 9.17) is 9.47 Å². The van der Waals surface area contributed by atoms with Crippen LogP contribution < -0.4 is 14.8 Å². The van der Waals surface area contributed by atoms with Crippen molar-refractivity contribution in [1.82, 2.24) is 20.0 Å². The third-order valence-electron chi connectivity index (χ3n) is 6.28. The number of likely N-dealkylation sites (tertiary alicyclic amines) is 1. The van der Waals surface area contributed by atoms with E-state index in [-0.39, 0.29) is 11.9 Å². The minimum Gasteiger partial charge on any atom is -0.497 e. The molecule has 30 heavy (non-hydrogen) atoms. The summed E-state index contributed by atoms with van der Waals surface area (Å²) >= 11 is 0. The van der Waals surface area contributed by atoms with Crippen LogP contribution in [0.4, 0.5) is 4.79 Å². The molecule has 1 N–H and O–H groups in total. The first-order valence-electron chi connectivity index (χ1n) is 10.5. The van der Waals surface area contributed by atoms with Crippen LogP contribution in [0.3, 0.4) is 0 Å². The zero-order valence-electron chi connectivity index (χ0n) is 17.9. The van der Waals surface area contributed by atoms with Crippen molar-refractivity contribution < 1.29 is 19.1 Å². The number of amides is 3. The Labute approximate surface area is 177 Å². The van der Waals surface area contributed by atoms with E-state index >= 15 is 0 Å². The van der Waals surface area contributed by atoms with Crippen LogP contribution in [0.25, 0.3) is 0 Å². The Bertz CT molecular complexity index is 840. The molecule has 0 saturated carbocycles. The Balaban J connectivity index is 1.59. The number of nitrogens with zero attached hydrogens (tertiary/aromatic N) is 3. The highest BCUT2D eigenvalue weighted by molar-refractivity contribution is 6.01. The van der Waals surface area contributed by atoms with Gasteiger partial charge in [0.05, 0.1) is 38.1 Å². The quantitative estimate of drug-likeness (QED) is 0.771. The first-order valence-corrected chi connectivity index (χ1v) is 10.5. The zero-order valence-corrected chi connectivity index (χ0v) is 17.9. The molecule has 3 aliphatic heterocycles. The number of hydrogen-bond donors (Lipinski definition) is 1. The number of benzene rings is 1. The summed E-state index contributed by atoms with van der Waals surface area (Å²) in [6, 6.07) is 4.71. The lowest BCUT2D eigenvalue weighted by atomic mass is 9.95. The van der Waals surface area contributed by atoms with E-state index in [0.717, 1.165) is 30.9 Å². The number of carbonyl (C=O) groups is 2. The lowest BCUT2D eigenvalue weighted by molar-refractivity contribution is -0.126. The number of rotatable bonds is 6. The fourth-order valence-electron chi connectivity index (χ4n) is 4.50. The number of piperidine rings is 1. The van der Waals surface area contributed by atoms with Gasteiger partial charge in [0.25, 0.3) is 5.91 Å². The van der Waals surface area contributed by atoms with Gasteiger partial charge in [0.1, 0.15) is 11.5 Å². The van der Waals surface area contributed by atoms with Crippen LogP contribution in [0.15, 0.2) is 29.5 Å². The minimum absolute atomic E-state index is 0.0133. The SMILES string of the molecule is COc1cc(OC)cc([C@@H]2NC(=O)N(C)C3=C2C(=O)N(CCN2CCCCC2)C3)c1. The van der Waals surface area contributed by atoms with Crippen LogP contribution in [-0.2, 0) is 4.79 Å². The van der Waals surface area contributed by atoms with Gasteiger partial charge in [-0.25, -0.2) is 4.79 Å². The van der Waals surface area contributed by atoms with E-state index in [2.05, 4.69) is 10.2 Å². The Hall–Kier alpha value is -2.74. The van der Waals surface area contributed by atoms with Gasteiger partial charge in [0.2, 0.25) is 0 Å². The zero-order chi connectivity index (χ0) is 21.3. The van der Waals surface area contributed by atoms with Crippen LogP contribution in [0.5, 0.6) is 11.5 Å². The molecule has 8 heteroatoms. The first-order chi connectivity index (χ1) is 14.5. The molecule has 3 aliphatic rings. The Morgan fingerprint density at radius 1 is 1.00 bits per heavy atom. The molecule has 4 rings (SSSR count). The van der Waals surface area contributed by atoms with Gasteiger partial charge in [-0.3, -0.25) is 9.69 Å². The molecular formula is C22H30N4O4. The number of urea groups is 1. The van der Waals surface area contributed by atoms with Crippen molar-refractivity contribution in [3.8, 4) is 11.5 Å². The summed E-state index contributed by atoms with van der Waals surface area (Å²) in [7, 11) is 4.88. The second-order valence-electron chi connectivity index (χ2n) is 8.08. The van der Waals surface area contributed by atoms with Crippen molar-refractivity contribution in [3.05, 3.63) is 35.0 Å². The van der Waals surface area contributed by atoms with E-state index in [1.165, 1.54) is 19.3 Å². The average Bonchev–Trinajstić information content (AvgIpc) is 3.11. The molecule has 0 aliphatic carbocycles. The molecule has 3 heterocycles. The number of likely N-dealkylation sites (N-methyl/N-ethyl adjacent to an activating group) is 1.